The van der Waals surface area contributed by atoms with Crippen molar-refractivity contribution in [1.29, 1.82) is 0 Å². The van der Waals surface area contributed by atoms with Gasteiger partial charge in [-0.05, 0) is 36.6 Å². The lowest BCUT2D eigenvalue weighted by atomic mass is 10.1. The Labute approximate surface area is 153 Å². The highest BCUT2D eigenvalue weighted by atomic mass is 32.2. The van der Waals surface area contributed by atoms with Crippen molar-refractivity contribution in [3.63, 3.8) is 0 Å². The summed E-state index contributed by atoms with van der Waals surface area (Å²) in [6.45, 7) is 0.834. The highest BCUT2D eigenvalue weighted by Crippen LogP contribution is 2.33. The monoisotopic (exact) mass is 371 g/mol. The average Bonchev–Trinajstić information content (AvgIpc) is 3.23. The van der Waals surface area contributed by atoms with E-state index in [1.807, 2.05) is 12.1 Å². The minimum Gasteiger partial charge on any atom is -0.338 e. The molecule has 7 heteroatoms. The van der Waals surface area contributed by atoms with Gasteiger partial charge < -0.3 is 9.80 Å². The third kappa shape index (κ3) is 3.07. The van der Waals surface area contributed by atoms with E-state index < -0.39 is 9.84 Å². The molecule has 1 aromatic heterocycles. The Morgan fingerprint density at radius 1 is 1.27 bits per heavy atom. The van der Waals surface area contributed by atoms with Crippen molar-refractivity contribution in [3.05, 3.63) is 53.7 Å². The van der Waals surface area contributed by atoms with E-state index in [0.29, 0.717) is 12.0 Å². The van der Waals surface area contributed by atoms with Gasteiger partial charge in [-0.3, -0.25) is 4.79 Å². The van der Waals surface area contributed by atoms with Crippen molar-refractivity contribution in [3.8, 4) is 0 Å². The first-order valence-electron chi connectivity index (χ1n) is 8.74. The van der Waals surface area contributed by atoms with Crippen LogP contribution in [0.3, 0.4) is 0 Å². The van der Waals surface area contributed by atoms with Gasteiger partial charge in [-0.25, -0.2) is 13.4 Å². The van der Waals surface area contributed by atoms with Gasteiger partial charge in [0.25, 0.3) is 5.91 Å². The predicted molar refractivity (Wildman–Crippen MR) is 101 cm³/mol. The number of nitrogens with zero attached hydrogens (tertiary/aromatic N) is 3. The number of anilines is 2. The van der Waals surface area contributed by atoms with Crippen molar-refractivity contribution in [2.75, 3.05) is 30.0 Å². The Kier molecular flexibility index (Phi) is 4.19. The van der Waals surface area contributed by atoms with Crippen molar-refractivity contribution >= 4 is 27.2 Å². The molecule has 1 atom stereocenters. The number of para-hydroxylation sites is 1. The first kappa shape index (κ1) is 17.0. The van der Waals surface area contributed by atoms with E-state index in [1.54, 1.807) is 30.3 Å². The molecular weight excluding hydrogens is 350 g/mol. The summed E-state index contributed by atoms with van der Waals surface area (Å²) in [4.78, 5) is 21.0. The summed E-state index contributed by atoms with van der Waals surface area (Å²) < 4.78 is 23.4. The van der Waals surface area contributed by atoms with Gasteiger partial charge in [0, 0.05) is 37.1 Å². The van der Waals surface area contributed by atoms with E-state index in [0.717, 1.165) is 24.5 Å². The SMILES string of the molecule is CN(C(=O)c1ccnc(N2CCc3ccccc32)c1)C1CCS(=O)(=O)C1. The number of fused-ring (bicyclic) bond motifs is 1. The molecule has 0 N–H and O–H groups in total. The standard InChI is InChI=1S/C19H21N3O3S/c1-21(16-8-11-26(24,25)13-16)19(23)15-6-9-20-18(12-15)22-10-7-14-4-2-3-5-17(14)22/h2-6,9,12,16H,7-8,10-11,13H2,1H3. The molecule has 1 fully saturated rings. The van der Waals surface area contributed by atoms with E-state index in [1.165, 1.54) is 5.56 Å². The summed E-state index contributed by atoms with van der Waals surface area (Å²) >= 11 is 0. The molecule has 1 amide bonds. The van der Waals surface area contributed by atoms with E-state index >= 15 is 0 Å². The first-order chi connectivity index (χ1) is 12.4. The number of rotatable bonds is 3. The van der Waals surface area contributed by atoms with Crippen LogP contribution in [0.1, 0.15) is 22.3 Å². The number of carbonyl (C=O) groups excluding carboxylic acids is 1. The van der Waals surface area contributed by atoms with Gasteiger partial charge in [-0.15, -0.1) is 0 Å². The summed E-state index contributed by atoms with van der Waals surface area (Å²) in [5.74, 6) is 0.783. The number of carbonyl (C=O) groups is 1. The Morgan fingerprint density at radius 3 is 2.85 bits per heavy atom. The normalized spacial score (nSPS) is 20.8. The minimum atomic E-state index is -3.03. The molecule has 3 heterocycles. The second-order valence-corrected chi connectivity index (χ2v) is 9.13. The van der Waals surface area contributed by atoms with Crippen LogP contribution in [0, 0.1) is 0 Å². The molecule has 2 aliphatic heterocycles. The molecule has 0 saturated carbocycles. The summed E-state index contributed by atoms with van der Waals surface area (Å²) in [7, 11) is -1.35. The zero-order chi connectivity index (χ0) is 18.3. The second-order valence-electron chi connectivity index (χ2n) is 6.91. The predicted octanol–water partition coefficient (Wildman–Crippen LogP) is 2.03. The minimum absolute atomic E-state index is 0.0483. The molecular formula is C19H21N3O3S. The van der Waals surface area contributed by atoms with Gasteiger partial charge in [0.05, 0.1) is 11.5 Å². The van der Waals surface area contributed by atoms with E-state index in [2.05, 4.69) is 22.0 Å². The molecule has 2 aromatic rings. The molecule has 6 nitrogen and oxygen atoms in total. The van der Waals surface area contributed by atoms with Crippen molar-refractivity contribution in [1.82, 2.24) is 9.88 Å². The van der Waals surface area contributed by atoms with Gasteiger partial charge in [-0.1, -0.05) is 18.2 Å². The molecule has 1 saturated heterocycles. The lowest BCUT2D eigenvalue weighted by molar-refractivity contribution is 0.0747. The quantitative estimate of drug-likeness (QED) is 0.826. The van der Waals surface area contributed by atoms with Crippen LogP contribution in [0.2, 0.25) is 0 Å². The van der Waals surface area contributed by atoms with Crippen LogP contribution in [0.5, 0.6) is 0 Å². The molecule has 0 aliphatic carbocycles. The van der Waals surface area contributed by atoms with Gasteiger partial charge in [0.1, 0.15) is 5.82 Å². The Hall–Kier alpha value is -2.41. The Bertz CT molecular complexity index is 958. The number of sulfone groups is 1. The lowest BCUT2D eigenvalue weighted by Gasteiger charge is -2.24. The largest absolute Gasteiger partial charge is 0.338 e. The molecule has 1 aromatic carbocycles. The molecule has 0 spiro atoms. The molecule has 1 unspecified atom stereocenters. The van der Waals surface area contributed by atoms with E-state index in [9.17, 15) is 13.2 Å². The van der Waals surface area contributed by atoms with Crippen LogP contribution < -0.4 is 4.90 Å². The fourth-order valence-corrected chi connectivity index (χ4v) is 5.50. The number of pyridine rings is 1. The van der Waals surface area contributed by atoms with Gasteiger partial charge in [0.15, 0.2) is 9.84 Å². The topological polar surface area (TPSA) is 70.6 Å². The van der Waals surface area contributed by atoms with Crippen LogP contribution in [0.4, 0.5) is 11.5 Å². The zero-order valence-electron chi connectivity index (χ0n) is 14.6. The molecule has 0 radical (unpaired) electrons. The first-order valence-corrected chi connectivity index (χ1v) is 10.6. The van der Waals surface area contributed by atoms with Gasteiger partial charge in [0.2, 0.25) is 0 Å². The Balaban J connectivity index is 1.58. The Morgan fingerprint density at radius 2 is 2.08 bits per heavy atom. The van der Waals surface area contributed by atoms with Crippen molar-refractivity contribution in [2.45, 2.75) is 18.9 Å². The maximum absolute atomic E-state index is 12.8. The fraction of sp³-hybridized carbons (Fsp3) is 0.368. The fourth-order valence-electron chi connectivity index (χ4n) is 3.73. The molecule has 0 bridgehead atoms. The third-order valence-electron chi connectivity index (χ3n) is 5.23. The molecule has 136 valence electrons. The molecule has 2 aliphatic rings. The van der Waals surface area contributed by atoms with Gasteiger partial charge >= 0.3 is 0 Å². The second kappa shape index (κ2) is 6.39. The maximum Gasteiger partial charge on any atom is 0.254 e. The summed E-state index contributed by atoms with van der Waals surface area (Å²) in [6, 6.07) is 11.4. The van der Waals surface area contributed by atoms with Gasteiger partial charge in [-0.2, -0.15) is 0 Å². The van der Waals surface area contributed by atoms with Crippen LogP contribution in [0.25, 0.3) is 0 Å². The average molecular weight is 371 g/mol. The maximum atomic E-state index is 12.8. The highest BCUT2D eigenvalue weighted by molar-refractivity contribution is 7.91. The van der Waals surface area contributed by atoms with E-state index in [4.69, 9.17) is 0 Å². The van der Waals surface area contributed by atoms with Crippen LogP contribution >= 0.6 is 0 Å². The number of hydrogen-bond acceptors (Lipinski definition) is 5. The van der Waals surface area contributed by atoms with Crippen LogP contribution in [0.15, 0.2) is 42.6 Å². The summed E-state index contributed by atoms with van der Waals surface area (Å²) in [5.41, 5.74) is 2.94. The van der Waals surface area contributed by atoms with Crippen molar-refractivity contribution in [2.24, 2.45) is 0 Å². The number of benzene rings is 1. The van der Waals surface area contributed by atoms with Crippen LogP contribution in [-0.4, -0.2) is 55.3 Å². The summed E-state index contributed by atoms with van der Waals surface area (Å²) in [5, 5.41) is 0. The third-order valence-corrected chi connectivity index (χ3v) is 6.98. The van der Waals surface area contributed by atoms with Crippen LogP contribution in [-0.2, 0) is 16.3 Å². The number of amides is 1. The summed E-state index contributed by atoms with van der Waals surface area (Å²) in [6.07, 6.45) is 3.10. The molecule has 4 rings (SSSR count). The number of aromatic nitrogens is 1. The van der Waals surface area contributed by atoms with Crippen molar-refractivity contribution < 1.29 is 13.2 Å². The smallest absolute Gasteiger partial charge is 0.254 e. The lowest BCUT2D eigenvalue weighted by Crippen LogP contribution is -2.37. The zero-order valence-corrected chi connectivity index (χ0v) is 15.4. The highest BCUT2D eigenvalue weighted by Gasteiger charge is 2.33. The number of hydrogen-bond donors (Lipinski definition) is 0. The molecule has 26 heavy (non-hydrogen) atoms. The van der Waals surface area contributed by atoms with E-state index in [-0.39, 0.29) is 23.5 Å².